The molecule has 8 nitrogen and oxygen atoms in total. The maximum Gasteiger partial charge on any atom is 0.408 e. The number of carbonyl (C=O) groups excluding carboxylic acids is 3. The molecule has 2 N–H and O–H groups in total. The molecular weight excluding hydrogens is 482 g/mol. The molecule has 0 saturated heterocycles. The van der Waals surface area contributed by atoms with Gasteiger partial charge in [-0.25, -0.2) is 4.79 Å². The summed E-state index contributed by atoms with van der Waals surface area (Å²) in [5.74, 6) is -0.0248. The molecule has 0 heterocycles. The van der Waals surface area contributed by atoms with Crippen LogP contribution in [-0.4, -0.2) is 48.1 Å². The van der Waals surface area contributed by atoms with Crippen molar-refractivity contribution in [2.45, 2.75) is 84.9 Å². The second-order valence-electron chi connectivity index (χ2n) is 10.3. The van der Waals surface area contributed by atoms with Crippen molar-refractivity contribution in [3.8, 4) is 5.75 Å². The summed E-state index contributed by atoms with van der Waals surface area (Å²) in [5, 5.41) is 5.59. The van der Waals surface area contributed by atoms with Crippen LogP contribution in [0.4, 0.5) is 10.5 Å². The van der Waals surface area contributed by atoms with Crippen molar-refractivity contribution in [3.05, 3.63) is 59.7 Å². The van der Waals surface area contributed by atoms with Crippen molar-refractivity contribution in [2.24, 2.45) is 0 Å². The van der Waals surface area contributed by atoms with Gasteiger partial charge in [-0.3, -0.25) is 9.59 Å². The number of unbranched alkanes of at least 4 members (excludes halogenated alkanes) is 2. The van der Waals surface area contributed by atoms with E-state index < -0.39 is 23.8 Å². The molecule has 2 aromatic carbocycles. The molecule has 0 fully saturated rings. The maximum atomic E-state index is 13.8. The Morgan fingerprint density at radius 1 is 0.947 bits per heavy atom. The number of rotatable bonds is 12. The Hall–Kier alpha value is -3.55. The highest BCUT2D eigenvalue weighted by Crippen LogP contribution is 2.26. The van der Waals surface area contributed by atoms with Crippen LogP contribution in [0.3, 0.4) is 0 Å². The Kier molecular flexibility index (Phi) is 11.6. The van der Waals surface area contributed by atoms with E-state index in [1.165, 1.54) is 0 Å². The van der Waals surface area contributed by atoms with Gasteiger partial charge in [-0.1, -0.05) is 51.0 Å². The molecule has 2 rings (SSSR count). The summed E-state index contributed by atoms with van der Waals surface area (Å²) in [5.41, 5.74) is 1.72. The van der Waals surface area contributed by atoms with E-state index in [0.717, 1.165) is 31.2 Å². The van der Waals surface area contributed by atoms with Crippen molar-refractivity contribution in [2.75, 3.05) is 19.0 Å². The third-order valence-electron chi connectivity index (χ3n) is 6.01. The number of hydrogen-bond acceptors (Lipinski definition) is 5. The van der Waals surface area contributed by atoms with Crippen molar-refractivity contribution in [1.29, 1.82) is 0 Å². The first-order valence-electron chi connectivity index (χ1n) is 13.3. The van der Waals surface area contributed by atoms with Crippen LogP contribution < -0.4 is 15.4 Å². The fraction of sp³-hybridized carbons (Fsp3) is 0.500. The molecule has 38 heavy (non-hydrogen) atoms. The van der Waals surface area contributed by atoms with Crippen molar-refractivity contribution in [3.63, 3.8) is 0 Å². The molecule has 208 valence electrons. The van der Waals surface area contributed by atoms with Gasteiger partial charge >= 0.3 is 6.09 Å². The Bertz CT molecular complexity index is 1050. The number of anilines is 1. The molecule has 3 amide bonds. The average Bonchev–Trinajstić information content (AvgIpc) is 2.87. The molecule has 0 aliphatic heterocycles. The average molecular weight is 526 g/mol. The number of nitrogens with zero attached hydrogens (tertiary/aromatic N) is 1. The topological polar surface area (TPSA) is 97.0 Å². The summed E-state index contributed by atoms with van der Waals surface area (Å²) >= 11 is 0. The first kappa shape index (κ1) is 30.7. The van der Waals surface area contributed by atoms with E-state index in [9.17, 15) is 14.4 Å². The number of amides is 3. The van der Waals surface area contributed by atoms with Gasteiger partial charge in [0, 0.05) is 12.2 Å². The van der Waals surface area contributed by atoms with Gasteiger partial charge in [0.05, 0.1) is 7.11 Å². The van der Waals surface area contributed by atoms with Gasteiger partial charge in [-0.05, 0) is 75.9 Å². The molecule has 0 spiro atoms. The Balaban J connectivity index is 2.42. The fourth-order valence-electron chi connectivity index (χ4n) is 3.99. The second-order valence-corrected chi connectivity index (χ2v) is 10.3. The van der Waals surface area contributed by atoms with Gasteiger partial charge in [0.2, 0.25) is 5.91 Å². The summed E-state index contributed by atoms with van der Waals surface area (Å²) in [6.45, 7) is 11.4. The van der Waals surface area contributed by atoms with Crippen LogP contribution in [-0.2, 0) is 20.7 Å². The number of alkyl carbamates (subject to hydrolysis) is 1. The van der Waals surface area contributed by atoms with Crippen LogP contribution in [0.25, 0.3) is 0 Å². The van der Waals surface area contributed by atoms with Gasteiger partial charge in [-0.15, -0.1) is 0 Å². The minimum atomic E-state index is -0.893. The van der Waals surface area contributed by atoms with E-state index in [1.54, 1.807) is 64.0 Å². The van der Waals surface area contributed by atoms with Crippen LogP contribution in [0.5, 0.6) is 5.75 Å². The van der Waals surface area contributed by atoms with Crippen LogP contribution in [0.2, 0.25) is 0 Å². The van der Waals surface area contributed by atoms with Crippen LogP contribution >= 0.6 is 0 Å². The third-order valence-corrected chi connectivity index (χ3v) is 6.01. The summed E-state index contributed by atoms with van der Waals surface area (Å²) in [6.07, 6.45) is 2.76. The molecular formula is C30H43N3O5. The lowest BCUT2D eigenvalue weighted by molar-refractivity contribution is -0.140. The van der Waals surface area contributed by atoms with Crippen LogP contribution in [0, 0.1) is 0 Å². The molecule has 0 saturated carbocycles. The van der Waals surface area contributed by atoms with Crippen molar-refractivity contribution >= 4 is 23.6 Å². The molecule has 0 radical (unpaired) electrons. The number of aryl methyl sites for hydroxylation is 1. The summed E-state index contributed by atoms with van der Waals surface area (Å²) in [4.78, 5) is 41.5. The minimum Gasteiger partial charge on any atom is -0.497 e. The molecule has 2 unspecified atom stereocenters. The highest BCUT2D eigenvalue weighted by atomic mass is 16.6. The van der Waals surface area contributed by atoms with Gasteiger partial charge in [0.15, 0.2) is 0 Å². The molecule has 8 heteroatoms. The molecule has 0 aliphatic carbocycles. The van der Waals surface area contributed by atoms with Crippen LogP contribution in [0.15, 0.2) is 48.5 Å². The highest BCUT2D eigenvalue weighted by Gasteiger charge is 2.34. The number of hydrogen-bond donors (Lipinski definition) is 2. The zero-order valence-electron chi connectivity index (χ0n) is 23.8. The summed E-state index contributed by atoms with van der Waals surface area (Å²) in [6, 6.07) is 13.0. The Morgan fingerprint density at radius 2 is 1.58 bits per heavy atom. The predicted molar refractivity (Wildman–Crippen MR) is 150 cm³/mol. The lowest BCUT2D eigenvalue weighted by Gasteiger charge is -2.34. The highest BCUT2D eigenvalue weighted by molar-refractivity contribution is 5.99. The lowest BCUT2D eigenvalue weighted by atomic mass is 10.00. The van der Waals surface area contributed by atoms with E-state index in [2.05, 4.69) is 24.5 Å². The number of nitrogens with one attached hydrogen (secondary N) is 2. The van der Waals surface area contributed by atoms with Crippen molar-refractivity contribution < 1.29 is 23.9 Å². The van der Waals surface area contributed by atoms with Crippen molar-refractivity contribution in [1.82, 2.24) is 10.2 Å². The second kappa shape index (κ2) is 14.4. The van der Waals surface area contributed by atoms with E-state index in [-0.39, 0.29) is 11.8 Å². The quantitative estimate of drug-likeness (QED) is 0.338. The zero-order valence-corrected chi connectivity index (χ0v) is 23.8. The maximum absolute atomic E-state index is 13.8. The number of ether oxygens (including phenoxy) is 2. The van der Waals surface area contributed by atoms with E-state index in [0.29, 0.717) is 23.5 Å². The standard InChI is InChI=1S/C30H43N3O5/c1-8-10-11-20-33(28(35)21(3)31-29(36)38-30(4,5)6)26(23-14-12-22(9-2)13-15-23)27(34)32-24-16-18-25(37-7)19-17-24/h12-19,21,26H,8-11,20H2,1-7H3,(H,31,36)(H,32,34). The fourth-order valence-corrected chi connectivity index (χ4v) is 3.99. The lowest BCUT2D eigenvalue weighted by Crippen LogP contribution is -2.51. The monoisotopic (exact) mass is 525 g/mol. The third kappa shape index (κ3) is 9.39. The van der Waals surface area contributed by atoms with Gasteiger partial charge in [0.25, 0.3) is 5.91 Å². The predicted octanol–water partition coefficient (Wildman–Crippen LogP) is 5.87. The zero-order chi connectivity index (χ0) is 28.3. The molecule has 0 aromatic heterocycles. The number of carbonyl (C=O) groups is 3. The van der Waals surface area contributed by atoms with Crippen LogP contribution in [0.1, 0.15) is 78.0 Å². The first-order chi connectivity index (χ1) is 18.0. The first-order valence-corrected chi connectivity index (χ1v) is 13.3. The smallest absolute Gasteiger partial charge is 0.408 e. The number of methoxy groups -OCH3 is 1. The summed E-state index contributed by atoms with van der Waals surface area (Å²) < 4.78 is 10.6. The largest absolute Gasteiger partial charge is 0.497 e. The molecule has 0 bridgehead atoms. The SMILES string of the molecule is CCCCCN(C(=O)C(C)NC(=O)OC(C)(C)C)C(C(=O)Nc1ccc(OC)cc1)c1ccc(CC)cc1. The summed E-state index contributed by atoms with van der Waals surface area (Å²) in [7, 11) is 1.58. The Morgan fingerprint density at radius 3 is 2.11 bits per heavy atom. The molecule has 0 aliphatic rings. The minimum absolute atomic E-state index is 0.339. The van der Waals surface area contributed by atoms with Gasteiger partial charge in [0.1, 0.15) is 23.4 Å². The number of benzene rings is 2. The Labute approximate surface area is 227 Å². The molecule has 2 aromatic rings. The van der Waals surface area contributed by atoms with E-state index in [1.807, 2.05) is 24.3 Å². The normalized spacial score (nSPS) is 12.7. The van der Waals surface area contributed by atoms with E-state index >= 15 is 0 Å². The van der Waals surface area contributed by atoms with Gasteiger partial charge in [-0.2, -0.15) is 0 Å². The van der Waals surface area contributed by atoms with E-state index in [4.69, 9.17) is 9.47 Å². The van der Waals surface area contributed by atoms with Gasteiger partial charge < -0.3 is 25.0 Å². The molecule has 2 atom stereocenters.